The zero-order valence-corrected chi connectivity index (χ0v) is 24.1. The lowest BCUT2D eigenvalue weighted by Crippen LogP contribution is -1.91. The van der Waals surface area contributed by atoms with E-state index in [2.05, 4.69) is 20.5 Å². The minimum atomic E-state index is 0.342. The van der Waals surface area contributed by atoms with Gasteiger partial charge in [0.15, 0.2) is 0 Å². The molecule has 0 aliphatic heterocycles. The predicted octanol–water partition coefficient (Wildman–Crippen LogP) is 12.3. The van der Waals surface area contributed by atoms with Gasteiger partial charge in [0.2, 0.25) is 0 Å². The Balaban J connectivity index is 3.12. The van der Waals surface area contributed by atoms with Crippen molar-refractivity contribution in [1.29, 1.82) is 0 Å². The Kier molecular flexibility index (Phi) is 29.9. The van der Waals surface area contributed by atoms with Crippen LogP contribution in [0.4, 0.5) is 0 Å². The topological polar surface area (TPSA) is 0 Å². The first-order valence-electron chi connectivity index (χ1n) is 15.5. The summed E-state index contributed by atoms with van der Waals surface area (Å²) in [6.45, 7) is 7.18. The van der Waals surface area contributed by atoms with Gasteiger partial charge in [-0.15, -0.1) is 7.92 Å². The highest BCUT2D eigenvalue weighted by Crippen LogP contribution is 2.33. The van der Waals surface area contributed by atoms with Crippen molar-refractivity contribution in [3.05, 3.63) is 0 Å². The molecule has 0 amide bonds. The van der Waals surface area contributed by atoms with Crippen LogP contribution in [0.2, 0.25) is 0 Å². The number of unbranched alkanes of at least 4 members (excludes halogenated alkanes) is 24. The Bertz CT molecular complexity index is 314. The highest BCUT2D eigenvalue weighted by Gasteiger charge is 2.01. The van der Waals surface area contributed by atoms with Gasteiger partial charge in [-0.3, -0.25) is 0 Å². The smallest absolute Gasteiger partial charge is 0.0328 e. The van der Waals surface area contributed by atoms with E-state index in [-0.39, 0.29) is 0 Å². The first-order valence-corrected chi connectivity index (χ1v) is 17.7. The molecule has 194 valence electrons. The lowest BCUT2D eigenvalue weighted by Gasteiger charge is -2.12. The number of hydrogen-bond donors (Lipinski definition) is 0. The summed E-state index contributed by atoms with van der Waals surface area (Å²) in [5.41, 5.74) is 0. The fraction of sp³-hybridized carbons (Fsp3) is 1.00. The van der Waals surface area contributed by atoms with E-state index in [1.54, 1.807) is 12.3 Å². The highest BCUT2D eigenvalue weighted by molar-refractivity contribution is 7.56. The summed E-state index contributed by atoms with van der Waals surface area (Å²) in [6, 6.07) is 0. The zero-order valence-electron chi connectivity index (χ0n) is 23.2. The molecule has 0 heterocycles. The molecule has 0 aromatic carbocycles. The van der Waals surface area contributed by atoms with E-state index in [1.807, 2.05) is 0 Å². The lowest BCUT2D eigenvalue weighted by molar-refractivity contribution is 0.531. The molecule has 0 radical (unpaired) electrons. The summed E-state index contributed by atoms with van der Waals surface area (Å²) in [4.78, 5) is 0. The Hall–Kier alpha value is 0.430. The fourth-order valence-electron chi connectivity index (χ4n) is 4.91. The van der Waals surface area contributed by atoms with Gasteiger partial charge < -0.3 is 0 Å². The maximum atomic E-state index is 2.56. The zero-order chi connectivity index (χ0) is 23.4. The van der Waals surface area contributed by atoms with Crippen molar-refractivity contribution in [3.63, 3.8) is 0 Å². The van der Waals surface area contributed by atoms with Crippen molar-refractivity contribution in [2.45, 2.75) is 181 Å². The van der Waals surface area contributed by atoms with E-state index < -0.39 is 0 Å². The Morgan fingerprint density at radius 2 is 0.469 bits per heavy atom. The van der Waals surface area contributed by atoms with Crippen LogP contribution in [0.3, 0.4) is 0 Å². The second-order valence-corrected chi connectivity index (χ2v) is 13.4. The molecule has 1 unspecified atom stereocenters. The van der Waals surface area contributed by atoms with Crippen LogP contribution in [0.1, 0.15) is 181 Å². The molecule has 1 atom stereocenters. The van der Waals surface area contributed by atoms with Crippen molar-refractivity contribution in [1.82, 2.24) is 0 Å². The molecule has 0 N–H and O–H groups in total. The normalized spacial score (nSPS) is 12.5. The van der Waals surface area contributed by atoms with Gasteiger partial charge in [-0.2, -0.15) is 0 Å². The van der Waals surface area contributed by atoms with E-state index >= 15 is 0 Å². The van der Waals surface area contributed by atoms with Crippen molar-refractivity contribution in [2.24, 2.45) is 0 Å². The van der Waals surface area contributed by atoms with Crippen LogP contribution in [0.25, 0.3) is 0 Å². The average molecular weight is 469 g/mol. The van der Waals surface area contributed by atoms with Crippen LogP contribution < -0.4 is 0 Å². The van der Waals surface area contributed by atoms with E-state index in [0.717, 1.165) is 0 Å². The van der Waals surface area contributed by atoms with Gasteiger partial charge in [-0.25, -0.2) is 0 Å². The SMILES string of the molecule is CCCCCCCCCCCCCCCCCCP(C)CCCCCCCCCCCC. The van der Waals surface area contributed by atoms with Gasteiger partial charge in [-0.1, -0.05) is 168 Å². The number of hydrogen-bond acceptors (Lipinski definition) is 0. The predicted molar refractivity (Wildman–Crippen MR) is 154 cm³/mol. The molecule has 32 heavy (non-hydrogen) atoms. The summed E-state index contributed by atoms with van der Waals surface area (Å²) in [5, 5.41) is 0. The average Bonchev–Trinajstić information content (AvgIpc) is 2.80. The van der Waals surface area contributed by atoms with Crippen molar-refractivity contribution < 1.29 is 0 Å². The van der Waals surface area contributed by atoms with Crippen molar-refractivity contribution >= 4 is 7.92 Å². The quantitative estimate of drug-likeness (QED) is 0.0790. The van der Waals surface area contributed by atoms with Crippen LogP contribution in [0, 0.1) is 0 Å². The van der Waals surface area contributed by atoms with Crippen molar-refractivity contribution in [2.75, 3.05) is 19.0 Å². The third-order valence-electron chi connectivity index (χ3n) is 7.29. The molecule has 0 aliphatic rings. The summed E-state index contributed by atoms with van der Waals surface area (Å²) in [7, 11) is 0.342. The first-order chi connectivity index (χ1) is 15.8. The second kappa shape index (κ2) is 29.5. The van der Waals surface area contributed by atoms with Crippen LogP contribution in [0.5, 0.6) is 0 Å². The van der Waals surface area contributed by atoms with Gasteiger partial charge >= 0.3 is 0 Å². The Labute approximate surface area is 207 Å². The van der Waals surface area contributed by atoms with Gasteiger partial charge in [-0.05, 0) is 31.8 Å². The molecule has 1 heteroatoms. The molecule has 0 saturated heterocycles. The standard InChI is InChI=1S/C31H65P/c1-4-6-8-10-12-14-16-17-18-19-20-21-23-25-27-29-31-32(3)30-28-26-24-22-15-13-11-9-7-5-2/h4-31H2,1-3H3. The third kappa shape index (κ3) is 28.5. The van der Waals surface area contributed by atoms with Crippen LogP contribution in [-0.2, 0) is 0 Å². The van der Waals surface area contributed by atoms with Crippen LogP contribution in [0.15, 0.2) is 0 Å². The Morgan fingerprint density at radius 1 is 0.281 bits per heavy atom. The maximum Gasteiger partial charge on any atom is -0.0328 e. The molecular formula is C31H65P. The molecular weight excluding hydrogens is 403 g/mol. The largest absolute Gasteiger partial charge is 0.110 e. The third-order valence-corrected chi connectivity index (χ3v) is 9.45. The first kappa shape index (κ1) is 32.4. The monoisotopic (exact) mass is 468 g/mol. The Morgan fingerprint density at radius 3 is 0.688 bits per heavy atom. The molecule has 0 aromatic heterocycles. The molecule has 0 aliphatic carbocycles. The molecule has 0 spiro atoms. The summed E-state index contributed by atoms with van der Waals surface area (Å²) >= 11 is 0. The maximum absolute atomic E-state index is 2.56. The van der Waals surface area contributed by atoms with E-state index in [1.165, 1.54) is 167 Å². The summed E-state index contributed by atoms with van der Waals surface area (Å²) in [6.07, 6.45) is 41.6. The highest BCUT2D eigenvalue weighted by atomic mass is 31.1. The van der Waals surface area contributed by atoms with Crippen LogP contribution >= 0.6 is 7.92 Å². The van der Waals surface area contributed by atoms with Crippen molar-refractivity contribution in [3.8, 4) is 0 Å². The van der Waals surface area contributed by atoms with Crippen LogP contribution in [-0.4, -0.2) is 19.0 Å². The molecule has 0 fully saturated rings. The second-order valence-electron chi connectivity index (χ2n) is 10.8. The lowest BCUT2D eigenvalue weighted by atomic mass is 10.0. The molecule has 0 saturated carbocycles. The summed E-state index contributed by atoms with van der Waals surface area (Å²) in [5.74, 6) is 0. The van der Waals surface area contributed by atoms with E-state index in [4.69, 9.17) is 0 Å². The summed E-state index contributed by atoms with van der Waals surface area (Å²) < 4.78 is 0. The number of rotatable bonds is 28. The fourth-order valence-corrected chi connectivity index (χ4v) is 6.66. The van der Waals surface area contributed by atoms with Gasteiger partial charge in [0.1, 0.15) is 0 Å². The molecule has 0 aromatic rings. The van der Waals surface area contributed by atoms with Gasteiger partial charge in [0, 0.05) is 0 Å². The molecule has 0 bridgehead atoms. The molecule has 0 rings (SSSR count). The van der Waals surface area contributed by atoms with E-state index in [9.17, 15) is 0 Å². The van der Waals surface area contributed by atoms with E-state index in [0.29, 0.717) is 7.92 Å². The molecule has 0 nitrogen and oxygen atoms in total. The van der Waals surface area contributed by atoms with Gasteiger partial charge in [0.05, 0.1) is 0 Å². The minimum absolute atomic E-state index is 0.342. The minimum Gasteiger partial charge on any atom is -0.110 e. The van der Waals surface area contributed by atoms with Gasteiger partial charge in [0.25, 0.3) is 0 Å².